The largest absolute Gasteiger partial charge is 0.488 e. The average Bonchev–Trinajstić information content (AvgIpc) is 3.14. The predicted octanol–water partition coefficient (Wildman–Crippen LogP) is 1.64. The molecule has 0 spiro atoms. The van der Waals surface area contributed by atoms with Crippen LogP contribution >= 0.6 is 0 Å². The molecule has 0 aliphatic carbocycles. The summed E-state index contributed by atoms with van der Waals surface area (Å²) in [5.41, 5.74) is 2.92. The molecule has 0 aromatic carbocycles. The summed E-state index contributed by atoms with van der Waals surface area (Å²) in [4.78, 5) is 20.8. The molecule has 1 aliphatic heterocycles. The highest BCUT2D eigenvalue weighted by Gasteiger charge is 2.28. The van der Waals surface area contributed by atoms with Gasteiger partial charge in [0.1, 0.15) is 18.4 Å². The second kappa shape index (κ2) is 7.86. The molecule has 1 atom stereocenters. The molecule has 7 nitrogen and oxygen atoms in total. The van der Waals surface area contributed by atoms with Crippen molar-refractivity contribution in [2.24, 2.45) is 0 Å². The highest BCUT2D eigenvalue weighted by atomic mass is 16.5. The van der Waals surface area contributed by atoms with Gasteiger partial charge in [-0.1, -0.05) is 0 Å². The number of carbonyl (C=O) groups excluding carboxylic acids is 1. The van der Waals surface area contributed by atoms with Crippen molar-refractivity contribution >= 4 is 5.91 Å². The molecule has 140 valence electrons. The number of hydrogen-bond acceptors (Lipinski definition) is 5. The van der Waals surface area contributed by atoms with E-state index in [2.05, 4.69) is 15.0 Å². The molecule has 1 fully saturated rings. The molecule has 1 aliphatic rings. The molecular weight excluding hydrogens is 330 g/mol. The molecule has 2 aromatic rings. The van der Waals surface area contributed by atoms with Gasteiger partial charge >= 0.3 is 0 Å². The van der Waals surface area contributed by atoms with Crippen molar-refractivity contribution in [3.8, 4) is 5.75 Å². The van der Waals surface area contributed by atoms with Gasteiger partial charge in [0.15, 0.2) is 0 Å². The lowest BCUT2D eigenvalue weighted by atomic mass is 10.3. The number of pyridine rings is 1. The number of likely N-dealkylation sites (tertiary alicyclic amines) is 1. The quantitative estimate of drug-likeness (QED) is 0.786. The van der Waals surface area contributed by atoms with E-state index in [1.165, 1.54) is 0 Å². The fraction of sp³-hybridized carbons (Fsp3) is 0.526. The van der Waals surface area contributed by atoms with Gasteiger partial charge in [-0.3, -0.25) is 14.5 Å². The lowest BCUT2D eigenvalue weighted by molar-refractivity contribution is -0.131. The van der Waals surface area contributed by atoms with Gasteiger partial charge in [0.25, 0.3) is 0 Å². The topological polar surface area (TPSA) is 63.5 Å². The first kappa shape index (κ1) is 18.4. The van der Waals surface area contributed by atoms with Crippen LogP contribution in [-0.2, 0) is 17.9 Å². The van der Waals surface area contributed by atoms with E-state index < -0.39 is 0 Å². The van der Waals surface area contributed by atoms with E-state index >= 15 is 0 Å². The van der Waals surface area contributed by atoms with E-state index in [0.29, 0.717) is 6.54 Å². The molecule has 3 heterocycles. The van der Waals surface area contributed by atoms with Gasteiger partial charge in [0.2, 0.25) is 5.91 Å². The summed E-state index contributed by atoms with van der Waals surface area (Å²) >= 11 is 0. The fourth-order valence-electron chi connectivity index (χ4n) is 3.25. The first-order valence-electron chi connectivity index (χ1n) is 8.96. The van der Waals surface area contributed by atoms with Crippen LogP contribution in [0.25, 0.3) is 0 Å². The summed E-state index contributed by atoms with van der Waals surface area (Å²) in [6.45, 7) is 6.30. The van der Waals surface area contributed by atoms with Gasteiger partial charge in [-0.05, 0) is 40.1 Å². The van der Waals surface area contributed by atoms with Crippen LogP contribution in [0.15, 0.2) is 24.4 Å². The lowest BCUT2D eigenvalue weighted by Crippen LogP contribution is -2.34. The number of hydrogen-bond donors (Lipinski definition) is 0. The smallest absolute Gasteiger partial charge is 0.244 e. The van der Waals surface area contributed by atoms with Crippen molar-refractivity contribution in [1.82, 2.24) is 24.6 Å². The molecule has 1 unspecified atom stereocenters. The number of nitrogens with zero attached hydrogens (tertiary/aromatic N) is 5. The van der Waals surface area contributed by atoms with Crippen LogP contribution in [0.4, 0.5) is 0 Å². The molecule has 3 rings (SSSR count). The average molecular weight is 357 g/mol. The zero-order valence-electron chi connectivity index (χ0n) is 16.0. The van der Waals surface area contributed by atoms with Crippen molar-refractivity contribution in [2.45, 2.75) is 39.5 Å². The Labute approximate surface area is 154 Å². The summed E-state index contributed by atoms with van der Waals surface area (Å²) in [7, 11) is 4.02. The third-order valence-corrected chi connectivity index (χ3v) is 4.46. The van der Waals surface area contributed by atoms with Crippen LogP contribution < -0.4 is 4.74 Å². The Bertz CT molecular complexity index is 771. The Morgan fingerprint density at radius 1 is 1.35 bits per heavy atom. The normalized spacial score (nSPS) is 17.1. The highest BCUT2D eigenvalue weighted by Crippen LogP contribution is 2.19. The molecule has 1 amide bonds. The lowest BCUT2D eigenvalue weighted by Gasteiger charge is -2.18. The predicted molar refractivity (Wildman–Crippen MR) is 98.9 cm³/mol. The first-order chi connectivity index (χ1) is 12.4. The van der Waals surface area contributed by atoms with Gasteiger partial charge in [-0.25, -0.2) is 0 Å². The SMILES string of the molecule is Cc1cc(C)n(CC(=O)N2CCC(Oc3ccnc(CN(C)C)c3)C2)n1. The van der Waals surface area contributed by atoms with Crippen molar-refractivity contribution in [3.63, 3.8) is 0 Å². The maximum Gasteiger partial charge on any atom is 0.244 e. The maximum absolute atomic E-state index is 12.5. The monoisotopic (exact) mass is 357 g/mol. The molecule has 0 N–H and O–H groups in total. The van der Waals surface area contributed by atoms with E-state index in [1.807, 2.05) is 51.0 Å². The number of amides is 1. The van der Waals surface area contributed by atoms with E-state index in [9.17, 15) is 4.79 Å². The molecule has 0 bridgehead atoms. The fourth-order valence-corrected chi connectivity index (χ4v) is 3.25. The van der Waals surface area contributed by atoms with Crippen molar-refractivity contribution in [3.05, 3.63) is 41.5 Å². The summed E-state index contributed by atoms with van der Waals surface area (Å²) in [6, 6.07) is 5.83. The number of aryl methyl sites for hydroxylation is 2. The summed E-state index contributed by atoms with van der Waals surface area (Å²) in [6.07, 6.45) is 2.64. The second-order valence-electron chi connectivity index (χ2n) is 7.17. The zero-order chi connectivity index (χ0) is 18.7. The van der Waals surface area contributed by atoms with Crippen LogP contribution in [0, 0.1) is 13.8 Å². The second-order valence-corrected chi connectivity index (χ2v) is 7.17. The number of ether oxygens (including phenoxy) is 1. The Morgan fingerprint density at radius 2 is 2.15 bits per heavy atom. The molecule has 7 heteroatoms. The van der Waals surface area contributed by atoms with Gasteiger partial charge in [0.05, 0.1) is 17.9 Å². The minimum absolute atomic E-state index is 0.0222. The third-order valence-electron chi connectivity index (χ3n) is 4.46. The van der Waals surface area contributed by atoms with E-state index in [-0.39, 0.29) is 18.6 Å². The molecular formula is C19H27N5O2. The van der Waals surface area contributed by atoms with Crippen LogP contribution in [-0.4, -0.2) is 63.8 Å². The Balaban J connectivity index is 1.55. The Morgan fingerprint density at radius 3 is 2.85 bits per heavy atom. The molecule has 1 saturated heterocycles. The summed E-state index contributed by atoms with van der Waals surface area (Å²) in [5.74, 6) is 0.903. The molecule has 0 saturated carbocycles. The zero-order valence-corrected chi connectivity index (χ0v) is 16.0. The minimum atomic E-state index is 0.0222. The maximum atomic E-state index is 12.5. The van der Waals surface area contributed by atoms with Crippen LogP contribution in [0.1, 0.15) is 23.5 Å². The number of rotatable bonds is 6. The first-order valence-corrected chi connectivity index (χ1v) is 8.96. The van der Waals surface area contributed by atoms with Gasteiger partial charge in [0, 0.05) is 37.5 Å². The van der Waals surface area contributed by atoms with Gasteiger partial charge in [-0.2, -0.15) is 5.10 Å². The van der Waals surface area contributed by atoms with E-state index in [4.69, 9.17) is 4.74 Å². The summed E-state index contributed by atoms with van der Waals surface area (Å²) < 4.78 is 7.85. The van der Waals surface area contributed by atoms with Gasteiger partial charge < -0.3 is 14.5 Å². The van der Waals surface area contributed by atoms with E-state index in [1.54, 1.807) is 10.9 Å². The summed E-state index contributed by atoms with van der Waals surface area (Å²) in [5, 5.41) is 4.37. The molecule has 26 heavy (non-hydrogen) atoms. The third kappa shape index (κ3) is 4.60. The number of aromatic nitrogens is 3. The van der Waals surface area contributed by atoms with Gasteiger partial charge in [-0.15, -0.1) is 0 Å². The Kier molecular flexibility index (Phi) is 5.56. The number of carbonyl (C=O) groups is 1. The molecule has 0 radical (unpaired) electrons. The standard InChI is InChI=1S/C19H27N5O2/c1-14-9-15(2)24(21-14)13-19(25)23-8-6-18(12-23)26-17-5-7-20-16(10-17)11-22(3)4/h5,7,9-10,18H,6,8,11-13H2,1-4H3. The highest BCUT2D eigenvalue weighted by molar-refractivity contribution is 5.76. The van der Waals surface area contributed by atoms with Crippen LogP contribution in [0.3, 0.4) is 0 Å². The van der Waals surface area contributed by atoms with Crippen molar-refractivity contribution in [1.29, 1.82) is 0 Å². The van der Waals surface area contributed by atoms with Crippen molar-refractivity contribution in [2.75, 3.05) is 27.2 Å². The van der Waals surface area contributed by atoms with E-state index in [0.717, 1.165) is 42.3 Å². The molecule has 2 aromatic heterocycles. The van der Waals surface area contributed by atoms with Crippen molar-refractivity contribution < 1.29 is 9.53 Å². The minimum Gasteiger partial charge on any atom is -0.488 e. The van der Waals surface area contributed by atoms with Crippen LogP contribution in [0.5, 0.6) is 5.75 Å². The van der Waals surface area contributed by atoms with Crippen LogP contribution in [0.2, 0.25) is 0 Å². The Hall–Kier alpha value is -2.41.